The summed E-state index contributed by atoms with van der Waals surface area (Å²) in [6.45, 7) is 4.82. The molecule has 7 aromatic heterocycles. The summed E-state index contributed by atoms with van der Waals surface area (Å²) in [5.41, 5.74) is 2.30. The maximum absolute atomic E-state index is 14.5. The van der Waals surface area contributed by atoms with Gasteiger partial charge in [0.05, 0.1) is 75.4 Å². The van der Waals surface area contributed by atoms with E-state index >= 15 is 0 Å². The third kappa shape index (κ3) is 18.3. The number of esters is 3. The van der Waals surface area contributed by atoms with Gasteiger partial charge < -0.3 is 55.4 Å². The van der Waals surface area contributed by atoms with Crippen LogP contribution in [0.4, 0.5) is 10.6 Å². The number of carbonyl (C=O) groups is 9. The first-order valence-electron chi connectivity index (χ1n) is 32.0. The number of aliphatic hydroxyl groups is 1. The van der Waals surface area contributed by atoms with Crippen molar-refractivity contribution in [3.8, 4) is 43.4 Å². The number of nitrogens with one attached hydrogen (secondary N) is 5. The van der Waals surface area contributed by atoms with Crippen molar-refractivity contribution >= 4 is 127 Å². The maximum atomic E-state index is 14.5. The van der Waals surface area contributed by atoms with Gasteiger partial charge in [0.1, 0.15) is 88.3 Å². The van der Waals surface area contributed by atoms with E-state index in [0.717, 1.165) is 45.3 Å². The molecule has 1 unspecified atom stereocenters. The van der Waals surface area contributed by atoms with Crippen LogP contribution in [-0.2, 0) is 54.3 Å². The molecule has 28 nitrogen and oxygen atoms in total. The Morgan fingerprint density at radius 3 is 2.12 bits per heavy atom. The number of aryl methyl sites for hydroxylation is 1. The number of aliphatic hydroxyl groups excluding tert-OH is 1. The molecule has 101 heavy (non-hydrogen) atoms. The minimum Gasteiger partial charge on any atom is -0.469 e. The summed E-state index contributed by atoms with van der Waals surface area (Å²) >= 11 is 7.00. The van der Waals surface area contributed by atoms with Crippen molar-refractivity contribution in [1.29, 1.82) is 0 Å². The van der Waals surface area contributed by atoms with Gasteiger partial charge in [-0.3, -0.25) is 43.3 Å². The average Bonchev–Trinajstić information content (AvgIpc) is 1.69. The lowest BCUT2D eigenvalue weighted by atomic mass is 9.87. The molecule has 1 aliphatic heterocycles. The third-order valence-corrected chi connectivity index (χ3v) is 22.3. The molecule has 5 atom stereocenters. The van der Waals surface area contributed by atoms with Gasteiger partial charge in [-0.1, -0.05) is 56.3 Å². The minimum absolute atomic E-state index is 0.0141. The first kappa shape index (κ1) is 74.5. The zero-order valence-electron chi connectivity index (χ0n) is 56.1. The van der Waals surface area contributed by atoms with Gasteiger partial charge in [-0.25, -0.2) is 39.7 Å². The summed E-state index contributed by atoms with van der Waals surface area (Å²) in [7, 11) is 6.78. The Morgan fingerprint density at radius 1 is 0.683 bits per heavy atom. The zero-order chi connectivity index (χ0) is 72.0. The number of methoxy groups -OCH3 is 4. The van der Waals surface area contributed by atoms with Crippen LogP contribution in [0.15, 0.2) is 76.1 Å². The third-order valence-electron chi connectivity index (χ3n) is 16.5. The molecule has 1 saturated carbocycles. The van der Waals surface area contributed by atoms with E-state index in [1.54, 1.807) is 83.1 Å². The molecule has 10 rings (SSSR count). The number of hydrogen-bond acceptors (Lipinski definition) is 28. The first-order chi connectivity index (χ1) is 48.7. The summed E-state index contributed by atoms with van der Waals surface area (Å²) in [5.74, 6) is -5.41. The van der Waals surface area contributed by atoms with Gasteiger partial charge in [-0.15, -0.1) is 68.0 Å². The molecule has 2 aliphatic rings. The average molecular weight is 1490 g/mol. The van der Waals surface area contributed by atoms with Gasteiger partial charge in [0.2, 0.25) is 11.8 Å². The second kappa shape index (κ2) is 34.5. The fourth-order valence-electron chi connectivity index (χ4n) is 11.1. The molecule has 8 aromatic rings. The molecule has 1 fully saturated rings. The number of ether oxygens (including phenoxy) is 5. The fourth-order valence-corrected chi connectivity index (χ4v) is 16.6. The molecule has 10 bridgehead atoms. The van der Waals surface area contributed by atoms with Crippen molar-refractivity contribution in [1.82, 2.24) is 61.5 Å². The first-order valence-corrected chi connectivity index (χ1v) is 37.1. The number of pyridine rings is 1. The molecule has 1 aromatic carbocycles. The molecule has 6 N–H and O–H groups in total. The van der Waals surface area contributed by atoms with Gasteiger partial charge in [-0.2, -0.15) is 0 Å². The van der Waals surface area contributed by atoms with Crippen molar-refractivity contribution in [2.24, 2.45) is 17.8 Å². The predicted octanol–water partition coefficient (Wildman–Crippen LogP) is 9.68. The molecular formula is C67H73N13O15S6. The van der Waals surface area contributed by atoms with Crippen LogP contribution in [-0.4, -0.2) is 148 Å². The predicted molar refractivity (Wildman–Crippen MR) is 379 cm³/mol. The Labute approximate surface area is 604 Å². The normalized spacial score (nSPS) is 18.1. The molecule has 0 spiro atoms. The number of rotatable bonds is 19. The lowest BCUT2D eigenvalue weighted by Gasteiger charge is -2.28. The van der Waals surface area contributed by atoms with Gasteiger partial charge in [0.25, 0.3) is 17.7 Å². The number of anilines is 1. The number of hydrogen-bond donors (Lipinski definition) is 6. The molecule has 0 saturated heterocycles. The van der Waals surface area contributed by atoms with Crippen LogP contribution in [0.1, 0.15) is 151 Å². The largest absolute Gasteiger partial charge is 0.469 e. The Bertz CT molecular complexity index is 4350. The molecule has 8 heterocycles. The van der Waals surface area contributed by atoms with E-state index in [2.05, 4.69) is 26.6 Å². The van der Waals surface area contributed by atoms with Crippen LogP contribution < -0.4 is 31.5 Å². The van der Waals surface area contributed by atoms with Crippen LogP contribution in [0.5, 0.6) is 0 Å². The van der Waals surface area contributed by atoms with E-state index in [9.17, 15) is 48.3 Å². The number of benzene rings is 1. The fraction of sp³-hybridized carbons (Fsp3) is 0.403. The quantitative estimate of drug-likeness (QED) is 0.0249. The lowest BCUT2D eigenvalue weighted by Crippen LogP contribution is -2.40. The second-order valence-corrected chi connectivity index (χ2v) is 29.5. The van der Waals surface area contributed by atoms with E-state index in [-0.39, 0.29) is 84.5 Å². The smallest absolute Gasteiger partial charge is 0.416 e. The topological polar surface area (TPSA) is 374 Å². The number of thiazole rings is 6. The van der Waals surface area contributed by atoms with Crippen molar-refractivity contribution in [2.45, 2.75) is 109 Å². The van der Waals surface area contributed by atoms with Crippen LogP contribution in [0.3, 0.4) is 0 Å². The van der Waals surface area contributed by atoms with Crippen molar-refractivity contribution < 1.29 is 71.9 Å². The van der Waals surface area contributed by atoms with Crippen LogP contribution in [0, 0.1) is 24.7 Å². The Hall–Kier alpha value is -9.16. The number of aromatic nitrogens is 7. The number of amides is 6. The van der Waals surface area contributed by atoms with E-state index in [1.165, 1.54) is 63.1 Å². The molecule has 532 valence electrons. The molecule has 6 amide bonds. The maximum Gasteiger partial charge on any atom is 0.416 e. The van der Waals surface area contributed by atoms with E-state index < -0.39 is 90.4 Å². The van der Waals surface area contributed by atoms with Crippen molar-refractivity contribution in [3.05, 3.63) is 124 Å². The number of fused-ring (bicyclic) bond motifs is 14. The standard InChI is InChI=1S/C67H73N13O15S6/c1-33(2)50-64-79-53(45(101-64)28-91-5)57(86)69-27-48(82)76-54(55(84)35-14-10-9-11-15-35)63-74-44(31-98-63)61-72-42(29-97-61)52-39(59-73-43(30-96-59)56(85)71-41(26-47(81)68-4)62-78-51(34(3)100-62)58(87)77-50)22-23-40(70-52)60-75-46(32-99-60)80(67(90)95-38-20-17-37(18-21-38)66(89)94-8)25-13-12-16-36(65(88)93-7)19-24-49(83)92-6/h9-15,22-23,29-33,36-38,41,50,54-55,84H,16-21,24-28H2,1-8H3,(H,68,81)(H,69,86)(H,71,85)(H,76,82)(H,77,87)/b13-12+/t36?,37?,38?,41-,50-,54-,55-/m0/s1. The number of allylic oxidation sites excluding steroid dienone is 1. The number of nitrogens with zero attached hydrogens (tertiary/aromatic N) is 8. The van der Waals surface area contributed by atoms with Gasteiger partial charge >= 0.3 is 24.0 Å². The second-order valence-electron chi connectivity index (χ2n) is 23.7. The van der Waals surface area contributed by atoms with E-state index in [0.29, 0.717) is 94.4 Å². The van der Waals surface area contributed by atoms with E-state index in [1.807, 2.05) is 13.8 Å². The zero-order valence-corrected chi connectivity index (χ0v) is 61.0. The Balaban J connectivity index is 1.03. The molecule has 1 aliphatic carbocycles. The highest BCUT2D eigenvalue weighted by Crippen LogP contribution is 2.41. The summed E-state index contributed by atoms with van der Waals surface area (Å²) < 4.78 is 26.3. The van der Waals surface area contributed by atoms with Crippen LogP contribution in [0.25, 0.3) is 43.4 Å². The highest BCUT2D eigenvalue weighted by molar-refractivity contribution is 7.15. The molecule has 34 heteroatoms. The highest BCUT2D eigenvalue weighted by atomic mass is 32.1. The van der Waals surface area contributed by atoms with Crippen molar-refractivity contribution in [2.75, 3.05) is 53.5 Å². The summed E-state index contributed by atoms with van der Waals surface area (Å²) in [5, 5.41) is 35.0. The Kier molecular flexibility index (Phi) is 25.4. The van der Waals surface area contributed by atoms with Gasteiger partial charge in [-0.05, 0) is 69.1 Å². The molecular weight excluding hydrogens is 1420 g/mol. The summed E-state index contributed by atoms with van der Waals surface area (Å²) in [6, 6.07) is 9.27. The van der Waals surface area contributed by atoms with E-state index in [4.69, 9.17) is 58.6 Å². The van der Waals surface area contributed by atoms with Crippen molar-refractivity contribution in [3.63, 3.8) is 0 Å². The minimum atomic E-state index is -1.32. The summed E-state index contributed by atoms with van der Waals surface area (Å²) in [6.07, 6.45) is 2.67. The Morgan fingerprint density at radius 2 is 1.40 bits per heavy atom. The SMILES string of the molecule is CNC(=O)C[C@@H]1NC(=O)c2csc(n2)-c2ccc(-c3nc(N(C/C=C/CC(CCC(=O)OC)C(=O)OC)C(=O)OC4CCC(C(=O)OC)CC4)cs3)nc2-c2csc(n2)-c2csc(n2)[C@H]([C@@H](O)c2ccccc2)NC(=O)CNC(=O)c2nc(sc2COC)[C@H](C(C)C)NC(=O)c2nc1sc2C. The monoisotopic (exact) mass is 1490 g/mol. The van der Waals surface area contributed by atoms with Crippen LogP contribution in [0.2, 0.25) is 0 Å². The lowest BCUT2D eigenvalue weighted by molar-refractivity contribution is -0.148. The molecule has 0 radical (unpaired) electrons. The van der Waals surface area contributed by atoms with Gasteiger partial charge in [0.15, 0.2) is 0 Å². The van der Waals surface area contributed by atoms with Gasteiger partial charge in [0, 0.05) is 59.1 Å². The van der Waals surface area contributed by atoms with Crippen LogP contribution >= 0.6 is 68.0 Å². The summed E-state index contributed by atoms with van der Waals surface area (Å²) in [4.78, 5) is 158. The highest BCUT2D eigenvalue weighted by Gasteiger charge is 2.35. The number of carbonyl (C=O) groups excluding carboxylic acids is 9.